The van der Waals surface area contributed by atoms with Crippen LogP contribution in [0.15, 0.2) is 6.20 Å². The van der Waals surface area contributed by atoms with Crippen LogP contribution in [0.25, 0.3) is 0 Å². The zero-order chi connectivity index (χ0) is 12.6. The number of aryl methyl sites for hydroxylation is 1. The van der Waals surface area contributed by atoms with Gasteiger partial charge in [-0.1, -0.05) is 13.3 Å². The number of nitrogens with one attached hydrogen (secondary N) is 2. The van der Waals surface area contributed by atoms with Crippen LogP contribution in [0.3, 0.4) is 0 Å². The van der Waals surface area contributed by atoms with Gasteiger partial charge in [0.2, 0.25) is 5.91 Å². The fourth-order valence-corrected chi connectivity index (χ4v) is 3.64. The molecule has 1 aromatic rings. The number of anilines is 1. The molecule has 1 atom stereocenters. The highest BCUT2D eigenvalue weighted by Gasteiger charge is 2.45. The Morgan fingerprint density at radius 3 is 3.06 bits per heavy atom. The van der Waals surface area contributed by atoms with Crippen molar-refractivity contribution in [1.29, 1.82) is 0 Å². The molecule has 1 aliphatic carbocycles. The Balaban J connectivity index is 1.58. The highest BCUT2D eigenvalue weighted by molar-refractivity contribution is 7.15. The highest BCUT2D eigenvalue weighted by atomic mass is 32.1. The second-order valence-corrected chi connectivity index (χ2v) is 6.58. The van der Waals surface area contributed by atoms with E-state index < -0.39 is 0 Å². The van der Waals surface area contributed by atoms with Gasteiger partial charge in [-0.3, -0.25) is 4.79 Å². The van der Waals surface area contributed by atoms with E-state index in [2.05, 4.69) is 22.5 Å². The predicted octanol–water partition coefficient (Wildman–Crippen LogP) is 2.18. The third-order valence-electron chi connectivity index (χ3n) is 4.22. The van der Waals surface area contributed by atoms with Crippen molar-refractivity contribution in [3.63, 3.8) is 0 Å². The lowest BCUT2D eigenvalue weighted by molar-refractivity contribution is -0.118. The van der Waals surface area contributed by atoms with Gasteiger partial charge in [-0.25, -0.2) is 4.98 Å². The fourth-order valence-electron chi connectivity index (χ4n) is 2.88. The lowest BCUT2D eigenvalue weighted by Gasteiger charge is -2.37. The van der Waals surface area contributed by atoms with Crippen LogP contribution in [0.2, 0.25) is 0 Å². The number of thiazole rings is 1. The molecule has 4 nitrogen and oxygen atoms in total. The number of hydrogen-bond donors (Lipinski definition) is 2. The first-order valence-corrected chi connectivity index (χ1v) is 7.51. The Kier molecular flexibility index (Phi) is 3.11. The van der Waals surface area contributed by atoms with Crippen LogP contribution in [0.4, 0.5) is 5.13 Å². The Bertz CT molecular complexity index is 453. The topological polar surface area (TPSA) is 54.0 Å². The lowest BCUT2D eigenvalue weighted by Crippen LogP contribution is -2.35. The zero-order valence-corrected chi connectivity index (χ0v) is 11.5. The van der Waals surface area contributed by atoms with E-state index in [1.807, 2.05) is 6.20 Å². The smallest absolute Gasteiger partial charge is 0.243 e. The summed E-state index contributed by atoms with van der Waals surface area (Å²) in [5.41, 5.74) is 0.430. The van der Waals surface area contributed by atoms with E-state index in [1.165, 1.54) is 24.1 Å². The van der Waals surface area contributed by atoms with Gasteiger partial charge in [-0.2, -0.15) is 0 Å². The quantitative estimate of drug-likeness (QED) is 0.880. The van der Waals surface area contributed by atoms with E-state index in [4.69, 9.17) is 0 Å². The number of aromatic nitrogens is 1. The van der Waals surface area contributed by atoms with Gasteiger partial charge in [0, 0.05) is 17.6 Å². The summed E-state index contributed by atoms with van der Waals surface area (Å²) in [5.74, 6) is 0.0794. The summed E-state index contributed by atoms with van der Waals surface area (Å²) < 4.78 is 0. The number of nitrogens with zero attached hydrogens (tertiary/aromatic N) is 1. The Hall–Kier alpha value is -0.940. The molecule has 1 saturated heterocycles. The first-order chi connectivity index (χ1) is 8.71. The molecule has 18 heavy (non-hydrogen) atoms. The van der Waals surface area contributed by atoms with Crippen LogP contribution in [0.5, 0.6) is 0 Å². The van der Waals surface area contributed by atoms with E-state index in [1.54, 1.807) is 11.3 Å². The normalized spacial score (nSPS) is 25.1. The molecule has 2 fully saturated rings. The first-order valence-electron chi connectivity index (χ1n) is 6.70. The molecule has 2 aliphatic rings. The van der Waals surface area contributed by atoms with Crippen molar-refractivity contribution in [3.8, 4) is 0 Å². The van der Waals surface area contributed by atoms with E-state index in [0.29, 0.717) is 5.41 Å². The molecule has 1 unspecified atom stereocenters. The minimum absolute atomic E-state index is 0.0284. The van der Waals surface area contributed by atoms with E-state index >= 15 is 0 Å². The molecular weight excluding hydrogens is 246 g/mol. The second kappa shape index (κ2) is 4.63. The standard InChI is InChI=1S/C13H19N3OS/c1-2-9-7-14-12(18-9)16-11(17)10-6-13(8-15-10)4-3-5-13/h7,10,15H,2-6,8H2,1H3,(H,14,16,17). The van der Waals surface area contributed by atoms with Gasteiger partial charge < -0.3 is 10.6 Å². The molecule has 1 aliphatic heterocycles. The maximum atomic E-state index is 12.1. The average molecular weight is 265 g/mol. The van der Waals surface area contributed by atoms with E-state index in [-0.39, 0.29) is 11.9 Å². The maximum Gasteiger partial charge on any atom is 0.243 e. The van der Waals surface area contributed by atoms with Gasteiger partial charge in [0.15, 0.2) is 5.13 Å². The third kappa shape index (κ3) is 2.17. The van der Waals surface area contributed by atoms with Gasteiger partial charge in [-0.05, 0) is 31.1 Å². The molecule has 2 N–H and O–H groups in total. The van der Waals surface area contributed by atoms with Crippen LogP contribution in [-0.4, -0.2) is 23.5 Å². The summed E-state index contributed by atoms with van der Waals surface area (Å²) >= 11 is 1.57. The molecule has 3 rings (SSSR count). The second-order valence-electron chi connectivity index (χ2n) is 5.47. The molecule has 0 radical (unpaired) electrons. The third-order valence-corrected chi connectivity index (χ3v) is 5.28. The van der Waals surface area contributed by atoms with Crippen LogP contribution >= 0.6 is 11.3 Å². The summed E-state index contributed by atoms with van der Waals surface area (Å²) in [6.07, 6.45) is 7.68. The largest absolute Gasteiger partial charge is 0.305 e. The summed E-state index contributed by atoms with van der Waals surface area (Å²) in [7, 11) is 0. The monoisotopic (exact) mass is 265 g/mol. The summed E-state index contributed by atoms with van der Waals surface area (Å²) in [4.78, 5) is 17.6. The van der Waals surface area contributed by atoms with Gasteiger partial charge in [0.1, 0.15) is 0 Å². The minimum atomic E-state index is -0.0284. The van der Waals surface area contributed by atoms with Crippen LogP contribution in [-0.2, 0) is 11.2 Å². The van der Waals surface area contributed by atoms with Crippen molar-refractivity contribution in [2.24, 2.45) is 5.41 Å². The van der Waals surface area contributed by atoms with Crippen LogP contribution in [0.1, 0.15) is 37.5 Å². The first kappa shape index (κ1) is 12.1. The molecule has 1 spiro atoms. The SMILES string of the molecule is CCc1cnc(NC(=O)C2CC3(CCC3)CN2)s1. The molecule has 0 bridgehead atoms. The van der Waals surface area contributed by atoms with Crippen molar-refractivity contribution in [2.75, 3.05) is 11.9 Å². The Morgan fingerprint density at radius 2 is 2.50 bits per heavy atom. The molecule has 98 valence electrons. The average Bonchev–Trinajstić information content (AvgIpc) is 2.93. The molecule has 0 aromatic carbocycles. The Labute approximate surface area is 111 Å². The highest BCUT2D eigenvalue weighted by Crippen LogP contribution is 2.47. The molecule has 5 heteroatoms. The summed E-state index contributed by atoms with van der Waals surface area (Å²) in [6.45, 7) is 3.10. The van der Waals surface area contributed by atoms with Crippen molar-refractivity contribution < 1.29 is 4.79 Å². The van der Waals surface area contributed by atoms with Gasteiger partial charge in [0.05, 0.1) is 6.04 Å². The molecule has 1 amide bonds. The molecular formula is C13H19N3OS. The van der Waals surface area contributed by atoms with Crippen LogP contribution < -0.4 is 10.6 Å². The number of carbonyl (C=O) groups is 1. The van der Waals surface area contributed by atoms with Gasteiger partial charge >= 0.3 is 0 Å². The zero-order valence-electron chi connectivity index (χ0n) is 10.7. The number of hydrogen-bond acceptors (Lipinski definition) is 4. The van der Waals surface area contributed by atoms with Gasteiger partial charge in [-0.15, -0.1) is 11.3 Å². The summed E-state index contributed by atoms with van der Waals surface area (Å²) in [6, 6.07) is -0.0284. The number of rotatable bonds is 3. The number of amides is 1. The van der Waals surface area contributed by atoms with Crippen molar-refractivity contribution in [3.05, 3.63) is 11.1 Å². The molecule has 1 aromatic heterocycles. The summed E-state index contributed by atoms with van der Waals surface area (Å²) in [5, 5.41) is 7.02. The predicted molar refractivity (Wildman–Crippen MR) is 72.8 cm³/mol. The molecule has 2 heterocycles. The van der Waals surface area contributed by atoms with Crippen molar-refractivity contribution >= 4 is 22.4 Å². The van der Waals surface area contributed by atoms with Crippen molar-refractivity contribution in [1.82, 2.24) is 10.3 Å². The maximum absolute atomic E-state index is 12.1. The number of carbonyl (C=O) groups excluding carboxylic acids is 1. The molecule has 1 saturated carbocycles. The van der Waals surface area contributed by atoms with E-state index in [9.17, 15) is 4.79 Å². The van der Waals surface area contributed by atoms with Gasteiger partial charge in [0.25, 0.3) is 0 Å². The lowest BCUT2D eigenvalue weighted by atomic mass is 9.67. The minimum Gasteiger partial charge on any atom is -0.305 e. The van der Waals surface area contributed by atoms with Crippen LogP contribution in [0, 0.1) is 5.41 Å². The van der Waals surface area contributed by atoms with E-state index in [0.717, 1.165) is 24.5 Å². The van der Waals surface area contributed by atoms with Crippen molar-refractivity contribution in [2.45, 2.75) is 45.1 Å². The Morgan fingerprint density at radius 1 is 1.67 bits per heavy atom. The fraction of sp³-hybridized carbons (Fsp3) is 0.692.